The van der Waals surface area contributed by atoms with Crippen molar-refractivity contribution in [3.05, 3.63) is 79.3 Å². The van der Waals surface area contributed by atoms with Crippen LogP contribution >= 0.6 is 11.6 Å². The molecule has 1 unspecified atom stereocenters. The average Bonchev–Trinajstić information content (AvgIpc) is 2.78. The Bertz CT molecular complexity index is 1230. The summed E-state index contributed by atoms with van der Waals surface area (Å²) in [6.45, 7) is 4.43. The molecule has 3 aromatic rings. The van der Waals surface area contributed by atoms with Gasteiger partial charge in [0, 0.05) is 32.3 Å². The van der Waals surface area contributed by atoms with Gasteiger partial charge < -0.3 is 9.64 Å². The van der Waals surface area contributed by atoms with Crippen molar-refractivity contribution in [1.29, 1.82) is 0 Å². The number of nitro groups is 1. The van der Waals surface area contributed by atoms with Crippen LogP contribution in [0.25, 0.3) is 10.9 Å². The highest BCUT2D eigenvalue weighted by Gasteiger charge is 2.28. The molecule has 1 aromatic heterocycles. The van der Waals surface area contributed by atoms with Crippen LogP contribution in [0.3, 0.4) is 0 Å². The molecule has 0 saturated heterocycles. The molecule has 0 aliphatic rings. The van der Waals surface area contributed by atoms with E-state index in [0.29, 0.717) is 23.3 Å². The number of benzene rings is 2. The number of methoxy groups -OCH3 is 1. The number of carbonyl (C=O) groups is 1. The first kappa shape index (κ1) is 23.4. The molecular weight excluding hydrogens is 436 g/mol. The van der Waals surface area contributed by atoms with Crippen LogP contribution in [0.2, 0.25) is 5.02 Å². The van der Waals surface area contributed by atoms with Crippen molar-refractivity contribution in [3.8, 4) is 0 Å². The highest BCUT2D eigenvalue weighted by atomic mass is 35.5. The monoisotopic (exact) mass is 458 g/mol. The molecule has 10 heteroatoms. The summed E-state index contributed by atoms with van der Waals surface area (Å²) >= 11 is 6.21. The van der Waals surface area contributed by atoms with Crippen LogP contribution < -0.4 is 5.56 Å². The van der Waals surface area contributed by atoms with Crippen molar-refractivity contribution >= 4 is 34.1 Å². The minimum atomic E-state index is -0.596. The molecule has 0 bridgehead atoms. The smallest absolute Gasteiger partial charge is 0.270 e. The number of amides is 1. The molecule has 0 radical (unpaired) electrons. The van der Waals surface area contributed by atoms with Gasteiger partial charge in [-0.25, -0.2) is 4.98 Å². The molecule has 168 valence electrons. The Labute approximate surface area is 189 Å². The lowest BCUT2D eigenvalue weighted by molar-refractivity contribution is -0.384. The molecule has 9 nitrogen and oxygen atoms in total. The van der Waals surface area contributed by atoms with E-state index in [9.17, 15) is 19.7 Å². The number of ether oxygens (including phenoxy) is 1. The molecule has 32 heavy (non-hydrogen) atoms. The number of nitro benzene ring substituents is 1. The summed E-state index contributed by atoms with van der Waals surface area (Å²) in [5, 5.41) is 11.5. The van der Waals surface area contributed by atoms with Crippen molar-refractivity contribution in [2.75, 3.05) is 20.3 Å². The first-order chi connectivity index (χ1) is 15.3. The summed E-state index contributed by atoms with van der Waals surface area (Å²) in [6.07, 6.45) is 0. The van der Waals surface area contributed by atoms with Crippen molar-refractivity contribution in [1.82, 2.24) is 14.5 Å². The first-order valence-electron chi connectivity index (χ1n) is 10.0. The number of para-hydroxylation sites is 1. The standard InChI is InChI=1S/C22H23ClN4O5/c1-4-25-20(24-19-8-6-5-7-17(19)22(25)29)14(2)26(11-12-32-3)21(28)16-10-9-15(27(30)31)13-18(16)23/h5-10,13-14H,4,11-12H2,1-3H3. The van der Waals surface area contributed by atoms with Crippen LogP contribution in [0.15, 0.2) is 47.3 Å². The zero-order valence-corrected chi connectivity index (χ0v) is 18.7. The first-order valence-corrected chi connectivity index (χ1v) is 10.4. The summed E-state index contributed by atoms with van der Waals surface area (Å²) in [7, 11) is 1.52. The zero-order chi connectivity index (χ0) is 23.4. The number of hydrogen-bond acceptors (Lipinski definition) is 6. The molecule has 0 N–H and O–H groups in total. The van der Waals surface area contributed by atoms with Crippen LogP contribution in [-0.4, -0.2) is 45.5 Å². The Balaban J connectivity index is 2.09. The fourth-order valence-corrected chi connectivity index (χ4v) is 3.81. The molecule has 1 atom stereocenters. The van der Waals surface area contributed by atoms with Crippen LogP contribution in [0.4, 0.5) is 5.69 Å². The minimum absolute atomic E-state index is 0.0295. The van der Waals surface area contributed by atoms with Gasteiger partial charge in [-0.1, -0.05) is 23.7 Å². The molecular formula is C22H23ClN4O5. The highest BCUT2D eigenvalue weighted by molar-refractivity contribution is 6.34. The van der Waals surface area contributed by atoms with E-state index in [0.717, 1.165) is 6.07 Å². The highest BCUT2D eigenvalue weighted by Crippen LogP contribution is 2.27. The van der Waals surface area contributed by atoms with Gasteiger partial charge in [0.2, 0.25) is 0 Å². The maximum atomic E-state index is 13.4. The van der Waals surface area contributed by atoms with Gasteiger partial charge in [0.25, 0.3) is 17.2 Å². The Kier molecular flexibility index (Phi) is 7.22. The predicted molar refractivity (Wildman–Crippen MR) is 121 cm³/mol. The number of rotatable bonds is 8. The van der Waals surface area contributed by atoms with Gasteiger partial charge in [0.1, 0.15) is 5.82 Å². The van der Waals surface area contributed by atoms with Gasteiger partial charge in [-0.15, -0.1) is 0 Å². The lowest BCUT2D eigenvalue weighted by atomic mass is 10.1. The summed E-state index contributed by atoms with van der Waals surface area (Å²) < 4.78 is 6.71. The van der Waals surface area contributed by atoms with E-state index in [2.05, 4.69) is 4.98 Å². The lowest BCUT2D eigenvalue weighted by Crippen LogP contribution is -2.39. The number of hydrogen-bond donors (Lipinski definition) is 0. The molecule has 0 saturated carbocycles. The predicted octanol–water partition coefficient (Wildman–Crippen LogP) is 3.83. The van der Waals surface area contributed by atoms with Gasteiger partial charge in [0.15, 0.2) is 0 Å². The summed E-state index contributed by atoms with van der Waals surface area (Å²) in [5.41, 5.74) is 0.259. The summed E-state index contributed by atoms with van der Waals surface area (Å²) in [4.78, 5) is 43.0. The molecule has 0 spiro atoms. The normalized spacial score (nSPS) is 12.0. The van der Waals surface area contributed by atoms with E-state index in [1.807, 2.05) is 6.92 Å². The van der Waals surface area contributed by atoms with Crippen molar-refractivity contribution in [3.63, 3.8) is 0 Å². The topological polar surface area (TPSA) is 108 Å². The van der Waals surface area contributed by atoms with Gasteiger partial charge in [0.05, 0.1) is 39.1 Å². The van der Waals surface area contributed by atoms with Crippen LogP contribution in [0.1, 0.15) is 36.1 Å². The van der Waals surface area contributed by atoms with Crippen molar-refractivity contribution in [2.24, 2.45) is 0 Å². The van der Waals surface area contributed by atoms with E-state index < -0.39 is 16.9 Å². The van der Waals surface area contributed by atoms with E-state index in [4.69, 9.17) is 16.3 Å². The third-order valence-electron chi connectivity index (χ3n) is 5.24. The van der Waals surface area contributed by atoms with Crippen molar-refractivity contribution in [2.45, 2.75) is 26.4 Å². The van der Waals surface area contributed by atoms with Crippen LogP contribution in [0, 0.1) is 10.1 Å². The fraction of sp³-hybridized carbons (Fsp3) is 0.318. The average molecular weight is 459 g/mol. The third-order valence-corrected chi connectivity index (χ3v) is 5.55. The van der Waals surface area contributed by atoms with Gasteiger partial charge in [-0.2, -0.15) is 0 Å². The number of nitrogens with zero attached hydrogens (tertiary/aromatic N) is 4. The molecule has 1 amide bonds. The van der Waals surface area contributed by atoms with Crippen LogP contribution in [-0.2, 0) is 11.3 Å². The Morgan fingerprint density at radius 3 is 2.66 bits per heavy atom. The summed E-state index contributed by atoms with van der Waals surface area (Å²) in [5.74, 6) is -0.0156. The van der Waals surface area contributed by atoms with E-state index in [1.165, 1.54) is 28.7 Å². The zero-order valence-electron chi connectivity index (χ0n) is 17.9. The largest absolute Gasteiger partial charge is 0.383 e. The Morgan fingerprint density at radius 1 is 1.31 bits per heavy atom. The third kappa shape index (κ3) is 4.49. The second-order valence-corrected chi connectivity index (χ2v) is 7.53. The molecule has 3 rings (SSSR count). The van der Waals surface area contributed by atoms with E-state index in [-0.39, 0.29) is 35.0 Å². The van der Waals surface area contributed by atoms with Crippen LogP contribution in [0.5, 0.6) is 0 Å². The van der Waals surface area contributed by atoms with Gasteiger partial charge >= 0.3 is 0 Å². The van der Waals surface area contributed by atoms with Gasteiger partial charge in [-0.3, -0.25) is 24.3 Å². The Hall–Kier alpha value is -3.30. The van der Waals surface area contributed by atoms with Gasteiger partial charge in [-0.05, 0) is 32.0 Å². The number of halogens is 1. The Morgan fingerprint density at radius 2 is 2.03 bits per heavy atom. The number of non-ortho nitro benzene ring substituents is 1. The SMILES string of the molecule is CCn1c(C(C)N(CCOC)C(=O)c2ccc([N+](=O)[O-])cc2Cl)nc2ccccc2c1=O. The quantitative estimate of drug-likeness (QED) is 0.375. The molecule has 2 aromatic carbocycles. The fourth-order valence-electron chi connectivity index (χ4n) is 3.56. The number of fused-ring (bicyclic) bond motifs is 1. The number of aromatic nitrogens is 2. The maximum absolute atomic E-state index is 13.4. The molecule has 0 aliphatic heterocycles. The molecule has 1 heterocycles. The second-order valence-electron chi connectivity index (χ2n) is 7.13. The summed E-state index contributed by atoms with van der Waals surface area (Å²) in [6, 6.07) is 10.1. The van der Waals surface area contributed by atoms with E-state index in [1.54, 1.807) is 31.2 Å². The molecule has 0 fully saturated rings. The number of carbonyl (C=O) groups excluding carboxylic acids is 1. The molecule has 0 aliphatic carbocycles. The van der Waals surface area contributed by atoms with Crippen molar-refractivity contribution < 1.29 is 14.5 Å². The maximum Gasteiger partial charge on any atom is 0.270 e. The van der Waals surface area contributed by atoms with E-state index >= 15 is 0 Å². The lowest BCUT2D eigenvalue weighted by Gasteiger charge is -2.30. The minimum Gasteiger partial charge on any atom is -0.383 e. The second kappa shape index (κ2) is 9.88.